The van der Waals surface area contributed by atoms with Crippen molar-refractivity contribution in [2.45, 2.75) is 44.7 Å². The van der Waals surface area contributed by atoms with Crippen molar-refractivity contribution in [1.82, 2.24) is 19.6 Å². The molecule has 15 nitrogen and oxygen atoms in total. The van der Waals surface area contributed by atoms with E-state index in [-0.39, 0.29) is 22.4 Å². The van der Waals surface area contributed by atoms with Gasteiger partial charge in [-0.25, -0.2) is 24.4 Å². The molecule has 2 aromatic carbocycles. The monoisotopic (exact) mass is 631 g/mol. The maximum absolute atomic E-state index is 12.9. The second-order valence-electron chi connectivity index (χ2n) is 10.2. The molecule has 238 valence electrons. The summed E-state index contributed by atoms with van der Waals surface area (Å²) in [6.45, 7) is 2.25. The Balaban J connectivity index is 1.55. The van der Waals surface area contributed by atoms with Gasteiger partial charge >= 0.3 is 23.9 Å². The first-order chi connectivity index (χ1) is 22.1. The van der Waals surface area contributed by atoms with E-state index in [9.17, 15) is 24.0 Å². The van der Waals surface area contributed by atoms with Gasteiger partial charge < -0.3 is 23.7 Å². The largest absolute Gasteiger partial charge is 0.461 e. The number of benzene rings is 2. The summed E-state index contributed by atoms with van der Waals surface area (Å²) in [5.74, 6) is -3.49. The molecule has 1 aliphatic rings. The molecule has 5 rings (SSSR count). The number of nitrogens with zero attached hydrogens (tertiary/aromatic N) is 4. The van der Waals surface area contributed by atoms with Gasteiger partial charge in [-0.2, -0.15) is 0 Å². The number of hydrogen-bond acceptors (Lipinski definition) is 13. The Morgan fingerprint density at radius 2 is 1.52 bits per heavy atom. The van der Waals surface area contributed by atoms with Crippen LogP contribution in [0.3, 0.4) is 0 Å². The van der Waals surface area contributed by atoms with Crippen molar-refractivity contribution in [3.63, 3.8) is 0 Å². The highest BCUT2D eigenvalue weighted by molar-refractivity contribution is 6.00. The Morgan fingerprint density at radius 1 is 0.848 bits per heavy atom. The van der Waals surface area contributed by atoms with Gasteiger partial charge in [0.15, 0.2) is 11.8 Å². The highest BCUT2D eigenvalue weighted by Crippen LogP contribution is 2.46. The number of ether oxygens (including phenoxy) is 5. The third-order valence-corrected chi connectivity index (χ3v) is 7.00. The predicted molar refractivity (Wildman–Crippen MR) is 156 cm³/mol. The Kier molecular flexibility index (Phi) is 9.32. The second kappa shape index (κ2) is 13.5. The molecule has 3 heterocycles. The van der Waals surface area contributed by atoms with Crippen LogP contribution < -0.4 is 5.43 Å². The molecule has 1 aliphatic heterocycles. The number of carbonyl (C=O) groups is 5. The van der Waals surface area contributed by atoms with E-state index in [4.69, 9.17) is 23.7 Å². The van der Waals surface area contributed by atoms with Crippen molar-refractivity contribution in [2.75, 3.05) is 18.6 Å². The van der Waals surface area contributed by atoms with Gasteiger partial charge in [0.2, 0.25) is 5.60 Å². The molecule has 46 heavy (non-hydrogen) atoms. The lowest BCUT2D eigenvalue weighted by Crippen LogP contribution is -2.57. The number of hydrogen-bond donors (Lipinski definition) is 1. The van der Waals surface area contributed by atoms with Crippen molar-refractivity contribution in [3.05, 3.63) is 90.1 Å². The fourth-order valence-corrected chi connectivity index (χ4v) is 5.06. The standard InChI is InChI=1S/C31H29N5O10/c1-18(37)43-15-31(46-20(3)39)23(14-42-30(41)22-12-8-5-9-13-22)45-26(27(31)44-19(2)38)24-25-28(33-16-32-24)36(17-34-25)35-29(40)21-10-6-4-7-11-21/h4-13,16-17,23,26-27H,14-15H2,1-3H3,(H,35,40)/t23-,26+,27+,31+/m1/s1. The zero-order valence-electron chi connectivity index (χ0n) is 24.9. The predicted octanol–water partition coefficient (Wildman–Crippen LogP) is 2.30. The van der Waals surface area contributed by atoms with Crippen LogP contribution in [0.1, 0.15) is 53.3 Å². The smallest absolute Gasteiger partial charge is 0.338 e. The van der Waals surface area contributed by atoms with Crippen molar-refractivity contribution in [2.24, 2.45) is 0 Å². The third kappa shape index (κ3) is 6.68. The van der Waals surface area contributed by atoms with Crippen LogP contribution in [0.4, 0.5) is 0 Å². The summed E-state index contributed by atoms with van der Waals surface area (Å²) in [6.07, 6.45) is -1.63. The van der Waals surface area contributed by atoms with Crippen molar-refractivity contribution in [1.29, 1.82) is 0 Å². The highest BCUT2D eigenvalue weighted by atomic mass is 16.7. The van der Waals surface area contributed by atoms with E-state index < -0.39 is 66.9 Å². The SMILES string of the molecule is CC(=O)OC[C@]1(OC(C)=O)[C@@H](COC(=O)c2ccccc2)O[C@@H](c2ncnc3c2ncn3NC(=O)c2ccccc2)[C@@H]1OC(C)=O. The summed E-state index contributed by atoms with van der Waals surface area (Å²) >= 11 is 0. The van der Waals surface area contributed by atoms with Crippen LogP contribution >= 0.6 is 0 Å². The number of carbonyl (C=O) groups excluding carboxylic acids is 5. The average molecular weight is 632 g/mol. The summed E-state index contributed by atoms with van der Waals surface area (Å²) in [7, 11) is 0. The number of fused-ring (bicyclic) bond motifs is 1. The molecule has 0 bridgehead atoms. The maximum atomic E-state index is 12.9. The van der Waals surface area contributed by atoms with Crippen molar-refractivity contribution < 1.29 is 47.7 Å². The molecule has 0 aliphatic carbocycles. The minimum absolute atomic E-state index is 0.0835. The van der Waals surface area contributed by atoms with Crippen LogP contribution in [0.5, 0.6) is 0 Å². The lowest BCUT2D eigenvalue weighted by Gasteiger charge is -2.36. The molecule has 15 heteroatoms. The van der Waals surface area contributed by atoms with Crippen LogP contribution in [0.25, 0.3) is 11.2 Å². The first-order valence-electron chi connectivity index (χ1n) is 14.0. The Morgan fingerprint density at radius 3 is 2.15 bits per heavy atom. The fourth-order valence-electron chi connectivity index (χ4n) is 5.06. The van der Waals surface area contributed by atoms with Crippen molar-refractivity contribution >= 4 is 40.9 Å². The second-order valence-corrected chi connectivity index (χ2v) is 10.2. The van der Waals surface area contributed by atoms with Gasteiger partial charge in [-0.15, -0.1) is 0 Å². The van der Waals surface area contributed by atoms with Gasteiger partial charge in [0.1, 0.15) is 49.3 Å². The molecule has 0 spiro atoms. The summed E-state index contributed by atoms with van der Waals surface area (Å²) in [5, 5.41) is 0. The normalized spacial score (nSPS) is 20.5. The molecule has 1 fully saturated rings. The van der Waals surface area contributed by atoms with Crippen LogP contribution in [0.2, 0.25) is 0 Å². The summed E-state index contributed by atoms with van der Waals surface area (Å²) in [6, 6.07) is 16.6. The lowest BCUT2D eigenvalue weighted by molar-refractivity contribution is -0.198. The summed E-state index contributed by atoms with van der Waals surface area (Å²) in [4.78, 5) is 75.6. The molecule has 0 saturated carbocycles. The molecule has 1 N–H and O–H groups in total. The van der Waals surface area contributed by atoms with Crippen LogP contribution in [-0.2, 0) is 38.1 Å². The molecule has 4 atom stereocenters. The number of imidazole rings is 1. The van der Waals surface area contributed by atoms with Crippen LogP contribution in [0, 0.1) is 0 Å². The molecule has 2 aromatic heterocycles. The Bertz CT molecular complexity index is 1760. The molecular formula is C31H29N5O10. The van der Waals surface area contributed by atoms with E-state index in [0.29, 0.717) is 5.56 Å². The first-order valence-corrected chi connectivity index (χ1v) is 14.0. The Hall–Kier alpha value is -5.70. The van der Waals surface area contributed by atoms with E-state index >= 15 is 0 Å². The summed E-state index contributed by atoms with van der Waals surface area (Å²) < 4.78 is 29.9. The highest BCUT2D eigenvalue weighted by Gasteiger charge is 2.64. The zero-order valence-corrected chi connectivity index (χ0v) is 24.9. The van der Waals surface area contributed by atoms with E-state index in [1.165, 1.54) is 17.3 Å². The van der Waals surface area contributed by atoms with Gasteiger partial charge in [0.25, 0.3) is 5.91 Å². The fraction of sp³-hybridized carbons (Fsp3) is 0.290. The molecule has 0 unspecified atom stereocenters. The maximum Gasteiger partial charge on any atom is 0.338 e. The molecule has 1 saturated heterocycles. The molecule has 4 aromatic rings. The van der Waals surface area contributed by atoms with Gasteiger partial charge in [0.05, 0.1) is 5.56 Å². The van der Waals surface area contributed by atoms with Gasteiger partial charge in [-0.3, -0.25) is 24.6 Å². The number of aromatic nitrogens is 4. The van der Waals surface area contributed by atoms with E-state index in [1.54, 1.807) is 60.7 Å². The van der Waals surface area contributed by atoms with E-state index in [0.717, 1.165) is 20.8 Å². The van der Waals surface area contributed by atoms with Gasteiger partial charge in [0, 0.05) is 26.3 Å². The molecular weight excluding hydrogens is 602 g/mol. The van der Waals surface area contributed by atoms with Crippen LogP contribution in [0.15, 0.2) is 73.3 Å². The minimum atomic E-state index is -1.99. The molecule has 0 radical (unpaired) electrons. The number of amides is 1. The van der Waals surface area contributed by atoms with Crippen molar-refractivity contribution in [3.8, 4) is 0 Å². The quantitative estimate of drug-likeness (QED) is 0.199. The zero-order chi connectivity index (χ0) is 32.8. The van der Waals surface area contributed by atoms with E-state index in [2.05, 4.69) is 20.4 Å². The van der Waals surface area contributed by atoms with Gasteiger partial charge in [-0.1, -0.05) is 36.4 Å². The lowest BCUT2D eigenvalue weighted by atomic mass is 9.89. The third-order valence-electron chi connectivity index (χ3n) is 7.00. The number of nitrogens with one attached hydrogen (secondary N) is 1. The topological polar surface area (TPSA) is 187 Å². The average Bonchev–Trinajstić information content (AvgIpc) is 3.57. The number of esters is 4. The first kappa shape index (κ1) is 31.7. The van der Waals surface area contributed by atoms with Crippen LogP contribution in [-0.4, -0.2) is 80.4 Å². The molecule has 1 amide bonds. The Labute approximate surface area is 261 Å². The minimum Gasteiger partial charge on any atom is -0.461 e. The van der Waals surface area contributed by atoms with E-state index in [1.807, 2.05) is 0 Å². The summed E-state index contributed by atoms with van der Waals surface area (Å²) in [5.41, 5.74) is 1.71. The number of rotatable bonds is 10. The van der Waals surface area contributed by atoms with Gasteiger partial charge in [-0.05, 0) is 24.3 Å².